The van der Waals surface area contributed by atoms with E-state index in [1.807, 2.05) is 30.3 Å². The number of hydrogen-bond donors (Lipinski definition) is 1. The number of carbonyl (C=O) groups excluding carboxylic acids is 1. The number of alkyl carbamates (subject to hydrolysis) is 1. The average molecular weight is 363 g/mol. The highest BCUT2D eigenvalue weighted by Gasteiger charge is 2.32. The van der Waals surface area contributed by atoms with Crippen molar-refractivity contribution in [1.82, 2.24) is 5.32 Å². The maximum Gasteiger partial charge on any atom is 0.416 e. The second-order valence-electron chi connectivity index (χ2n) is 5.75. The molecule has 138 valence electrons. The van der Waals surface area contributed by atoms with Gasteiger partial charge in [0.05, 0.1) is 5.56 Å². The third-order valence-corrected chi connectivity index (χ3v) is 3.67. The summed E-state index contributed by atoms with van der Waals surface area (Å²) in [6.07, 6.45) is -1.10. The highest BCUT2D eigenvalue weighted by Crippen LogP contribution is 2.32. The highest BCUT2D eigenvalue weighted by atomic mass is 19.4. The number of amides is 1. The summed E-state index contributed by atoms with van der Waals surface area (Å²) in [5.74, 6) is 0. The van der Waals surface area contributed by atoms with Crippen LogP contribution in [0.15, 0.2) is 54.6 Å². The van der Waals surface area contributed by atoms with Crippen molar-refractivity contribution in [2.45, 2.75) is 26.1 Å². The van der Waals surface area contributed by atoms with Gasteiger partial charge in [0.2, 0.25) is 0 Å². The van der Waals surface area contributed by atoms with Crippen LogP contribution >= 0.6 is 0 Å². The zero-order valence-electron chi connectivity index (χ0n) is 14.3. The number of hydrogen-bond acceptors (Lipinski definition) is 2. The molecule has 0 aromatic heterocycles. The molecule has 2 rings (SSSR count). The standard InChI is InChI=1S/C20H20F3NO2/c1-15-10-11-16(13-18(15)20(21,22)23)7-5-6-12-24-19(25)26-14-17-8-3-2-4-9-17/h2-5,7-11,13H,6,12,14H2,1H3,(H,24,25). The van der Waals surface area contributed by atoms with Crippen LogP contribution in [0, 0.1) is 6.92 Å². The van der Waals surface area contributed by atoms with Gasteiger partial charge in [0.1, 0.15) is 6.61 Å². The van der Waals surface area contributed by atoms with Gasteiger partial charge in [-0.25, -0.2) is 4.79 Å². The maximum atomic E-state index is 12.9. The van der Waals surface area contributed by atoms with Gasteiger partial charge in [0.25, 0.3) is 0 Å². The van der Waals surface area contributed by atoms with Gasteiger partial charge in [-0.3, -0.25) is 0 Å². The fraction of sp³-hybridized carbons (Fsp3) is 0.250. The van der Waals surface area contributed by atoms with E-state index in [1.54, 1.807) is 18.2 Å². The predicted molar refractivity (Wildman–Crippen MR) is 94.5 cm³/mol. The normalized spacial score (nSPS) is 11.5. The lowest BCUT2D eigenvalue weighted by molar-refractivity contribution is -0.138. The SMILES string of the molecule is Cc1ccc(C=CCCNC(=O)OCc2ccccc2)cc1C(F)(F)F. The zero-order chi connectivity index (χ0) is 19.0. The Hall–Kier alpha value is -2.76. The van der Waals surface area contributed by atoms with Crippen LogP contribution in [-0.4, -0.2) is 12.6 Å². The van der Waals surface area contributed by atoms with Crippen LogP contribution in [0.3, 0.4) is 0 Å². The van der Waals surface area contributed by atoms with Crippen molar-refractivity contribution in [3.8, 4) is 0 Å². The fourth-order valence-corrected chi connectivity index (χ4v) is 2.30. The quantitative estimate of drug-likeness (QED) is 0.703. The van der Waals surface area contributed by atoms with E-state index >= 15 is 0 Å². The van der Waals surface area contributed by atoms with Gasteiger partial charge in [0.15, 0.2) is 0 Å². The minimum atomic E-state index is -4.36. The number of rotatable bonds is 6. The molecule has 3 nitrogen and oxygen atoms in total. The Morgan fingerprint density at radius 1 is 1.15 bits per heavy atom. The largest absolute Gasteiger partial charge is 0.445 e. The van der Waals surface area contributed by atoms with Crippen molar-refractivity contribution < 1.29 is 22.7 Å². The molecule has 2 aromatic rings. The van der Waals surface area contributed by atoms with Crippen LogP contribution in [-0.2, 0) is 17.5 Å². The molecule has 0 atom stereocenters. The summed E-state index contributed by atoms with van der Waals surface area (Å²) in [5.41, 5.74) is 0.914. The number of carbonyl (C=O) groups is 1. The van der Waals surface area contributed by atoms with E-state index in [-0.39, 0.29) is 12.2 Å². The second-order valence-corrected chi connectivity index (χ2v) is 5.75. The molecular formula is C20H20F3NO2. The lowest BCUT2D eigenvalue weighted by Gasteiger charge is -2.10. The van der Waals surface area contributed by atoms with Crippen LogP contribution < -0.4 is 5.32 Å². The van der Waals surface area contributed by atoms with Crippen LogP contribution in [0.4, 0.5) is 18.0 Å². The van der Waals surface area contributed by atoms with E-state index in [9.17, 15) is 18.0 Å². The maximum absolute atomic E-state index is 12.9. The first-order chi connectivity index (χ1) is 12.4. The van der Waals surface area contributed by atoms with E-state index in [1.165, 1.54) is 13.0 Å². The van der Waals surface area contributed by atoms with Crippen LogP contribution in [0.25, 0.3) is 6.08 Å². The van der Waals surface area contributed by atoms with Gasteiger partial charge in [-0.05, 0) is 36.1 Å². The van der Waals surface area contributed by atoms with Gasteiger partial charge >= 0.3 is 12.3 Å². The average Bonchev–Trinajstić information content (AvgIpc) is 2.61. The number of ether oxygens (including phenoxy) is 1. The number of alkyl halides is 3. The first-order valence-corrected chi connectivity index (χ1v) is 8.15. The Morgan fingerprint density at radius 2 is 1.88 bits per heavy atom. The fourth-order valence-electron chi connectivity index (χ4n) is 2.30. The van der Waals surface area contributed by atoms with Crippen LogP contribution in [0.1, 0.15) is 28.7 Å². The van der Waals surface area contributed by atoms with Crippen molar-refractivity contribution in [2.75, 3.05) is 6.54 Å². The van der Waals surface area contributed by atoms with Gasteiger partial charge in [-0.1, -0.05) is 54.6 Å². The summed E-state index contributed by atoms with van der Waals surface area (Å²) < 4.78 is 43.7. The third-order valence-electron chi connectivity index (χ3n) is 3.67. The first-order valence-electron chi connectivity index (χ1n) is 8.15. The Labute approximate surface area is 150 Å². The topological polar surface area (TPSA) is 38.3 Å². The minimum Gasteiger partial charge on any atom is -0.445 e. The zero-order valence-corrected chi connectivity index (χ0v) is 14.3. The van der Waals surface area contributed by atoms with E-state index in [2.05, 4.69) is 5.32 Å². The monoisotopic (exact) mass is 363 g/mol. The molecule has 0 saturated carbocycles. The summed E-state index contributed by atoms with van der Waals surface area (Å²) >= 11 is 0. The Morgan fingerprint density at radius 3 is 2.58 bits per heavy atom. The van der Waals surface area contributed by atoms with E-state index < -0.39 is 17.8 Å². The van der Waals surface area contributed by atoms with Crippen molar-refractivity contribution in [2.24, 2.45) is 0 Å². The molecule has 0 fully saturated rings. The molecule has 0 unspecified atom stereocenters. The molecule has 0 saturated heterocycles. The molecule has 2 aromatic carbocycles. The Balaban J connectivity index is 1.75. The van der Waals surface area contributed by atoms with Gasteiger partial charge < -0.3 is 10.1 Å². The van der Waals surface area contributed by atoms with Crippen LogP contribution in [0.5, 0.6) is 0 Å². The van der Waals surface area contributed by atoms with Gasteiger partial charge in [-0.2, -0.15) is 13.2 Å². The summed E-state index contributed by atoms with van der Waals surface area (Å²) in [6, 6.07) is 13.5. The van der Waals surface area contributed by atoms with Crippen LogP contribution in [0.2, 0.25) is 0 Å². The number of nitrogens with one attached hydrogen (secondary N) is 1. The molecule has 0 aliphatic rings. The first kappa shape index (κ1) is 19.6. The molecule has 0 aliphatic carbocycles. The van der Waals surface area contributed by atoms with E-state index in [4.69, 9.17) is 4.74 Å². The molecule has 0 spiro atoms. The predicted octanol–water partition coefficient (Wildman–Crippen LogP) is 5.34. The molecular weight excluding hydrogens is 343 g/mol. The van der Waals surface area contributed by atoms with E-state index in [0.29, 0.717) is 18.5 Å². The minimum absolute atomic E-state index is 0.187. The summed E-state index contributed by atoms with van der Waals surface area (Å²) in [4.78, 5) is 11.6. The lowest BCUT2D eigenvalue weighted by atomic mass is 10.0. The summed E-state index contributed by atoms with van der Waals surface area (Å²) in [7, 11) is 0. The number of benzene rings is 2. The number of halogens is 3. The number of aryl methyl sites for hydroxylation is 1. The Kier molecular flexibility index (Phi) is 6.83. The molecule has 26 heavy (non-hydrogen) atoms. The van der Waals surface area contributed by atoms with Crippen molar-refractivity contribution >= 4 is 12.2 Å². The molecule has 1 N–H and O–H groups in total. The molecule has 0 bridgehead atoms. The molecule has 0 radical (unpaired) electrons. The molecule has 6 heteroatoms. The van der Waals surface area contributed by atoms with Crippen molar-refractivity contribution in [3.05, 3.63) is 76.9 Å². The smallest absolute Gasteiger partial charge is 0.416 e. The Bertz CT molecular complexity index is 755. The summed E-state index contributed by atoms with van der Waals surface area (Å²) in [6.45, 7) is 1.95. The van der Waals surface area contributed by atoms with E-state index in [0.717, 1.165) is 11.6 Å². The van der Waals surface area contributed by atoms with Gasteiger partial charge in [0, 0.05) is 6.54 Å². The van der Waals surface area contributed by atoms with Crippen molar-refractivity contribution in [1.29, 1.82) is 0 Å². The highest BCUT2D eigenvalue weighted by molar-refractivity contribution is 5.67. The third kappa shape index (κ3) is 6.27. The molecule has 0 heterocycles. The second kappa shape index (κ2) is 9.08. The van der Waals surface area contributed by atoms with Gasteiger partial charge in [-0.15, -0.1) is 0 Å². The molecule has 1 amide bonds. The summed E-state index contributed by atoms with van der Waals surface area (Å²) in [5, 5.41) is 2.59. The lowest BCUT2D eigenvalue weighted by Crippen LogP contribution is -2.24. The van der Waals surface area contributed by atoms with Crippen molar-refractivity contribution in [3.63, 3.8) is 0 Å². The molecule has 0 aliphatic heterocycles.